The molecule has 1 rings (SSSR count). The average Bonchev–Trinajstić information content (AvgIpc) is 2.31. The zero-order valence-electron chi connectivity index (χ0n) is 11.1. The maximum Gasteiger partial charge on any atom is 0.223 e. The van der Waals surface area contributed by atoms with Gasteiger partial charge in [-0.05, 0) is 25.5 Å². The highest BCUT2D eigenvalue weighted by Crippen LogP contribution is 2.19. The van der Waals surface area contributed by atoms with Crippen molar-refractivity contribution >= 4 is 11.6 Å². The summed E-state index contributed by atoms with van der Waals surface area (Å²) in [7, 11) is 0. The van der Waals surface area contributed by atoms with Crippen molar-refractivity contribution in [2.24, 2.45) is 0 Å². The summed E-state index contributed by atoms with van der Waals surface area (Å²) in [5.41, 5.74) is 6.33. The van der Waals surface area contributed by atoms with Crippen LogP contribution in [0.1, 0.15) is 33.1 Å². The molecule has 0 radical (unpaired) electrons. The molecule has 0 bridgehead atoms. The van der Waals surface area contributed by atoms with Gasteiger partial charge in [-0.15, -0.1) is 0 Å². The molecule has 1 amide bonds. The molecule has 1 aromatic carbocycles. The van der Waals surface area contributed by atoms with Gasteiger partial charge in [0.2, 0.25) is 5.91 Å². The molecule has 0 heterocycles. The number of hydrogen-bond acceptors (Lipinski definition) is 3. The second-order valence-corrected chi connectivity index (χ2v) is 4.39. The predicted molar refractivity (Wildman–Crippen MR) is 73.5 cm³/mol. The van der Waals surface area contributed by atoms with Gasteiger partial charge in [0.1, 0.15) is 5.75 Å². The molecule has 1 atom stereocenters. The lowest BCUT2D eigenvalue weighted by atomic mass is 10.2. The molecular weight excluding hydrogens is 228 g/mol. The number of nitrogens with two attached hydrogens (primary N) is 1. The van der Waals surface area contributed by atoms with Gasteiger partial charge in [-0.25, -0.2) is 0 Å². The fourth-order valence-corrected chi connectivity index (χ4v) is 1.72. The highest BCUT2D eigenvalue weighted by molar-refractivity contribution is 5.76. The van der Waals surface area contributed by atoms with Crippen molar-refractivity contribution in [3.05, 3.63) is 24.3 Å². The van der Waals surface area contributed by atoms with Crippen LogP contribution < -0.4 is 15.8 Å². The van der Waals surface area contributed by atoms with Gasteiger partial charge in [0.25, 0.3) is 0 Å². The van der Waals surface area contributed by atoms with Crippen LogP contribution in [-0.2, 0) is 4.79 Å². The SMILES string of the molecule is CCCC(C)NC(=O)CCOc1ccccc1N. The van der Waals surface area contributed by atoms with Crippen molar-refractivity contribution in [2.75, 3.05) is 12.3 Å². The van der Waals surface area contributed by atoms with Gasteiger partial charge in [0.05, 0.1) is 18.7 Å². The van der Waals surface area contributed by atoms with E-state index in [2.05, 4.69) is 12.2 Å². The summed E-state index contributed by atoms with van der Waals surface area (Å²) < 4.78 is 5.46. The van der Waals surface area contributed by atoms with Crippen molar-refractivity contribution < 1.29 is 9.53 Å². The van der Waals surface area contributed by atoms with E-state index in [-0.39, 0.29) is 11.9 Å². The number of anilines is 1. The Kier molecular flexibility index (Phi) is 6.05. The number of carbonyl (C=O) groups is 1. The number of benzene rings is 1. The molecule has 0 saturated carbocycles. The third-order valence-electron chi connectivity index (χ3n) is 2.63. The standard InChI is InChI=1S/C14H22N2O2/c1-3-6-11(2)16-14(17)9-10-18-13-8-5-4-7-12(13)15/h4-5,7-8,11H,3,6,9-10,15H2,1-2H3,(H,16,17). The number of rotatable bonds is 7. The summed E-state index contributed by atoms with van der Waals surface area (Å²) in [6, 6.07) is 7.51. The number of hydrogen-bond donors (Lipinski definition) is 2. The molecule has 3 N–H and O–H groups in total. The minimum Gasteiger partial charge on any atom is -0.491 e. The van der Waals surface area contributed by atoms with E-state index in [0.717, 1.165) is 12.8 Å². The van der Waals surface area contributed by atoms with Gasteiger partial charge >= 0.3 is 0 Å². The lowest BCUT2D eigenvalue weighted by Crippen LogP contribution is -2.33. The monoisotopic (exact) mass is 250 g/mol. The van der Waals surface area contributed by atoms with Crippen LogP contribution in [0.5, 0.6) is 5.75 Å². The molecule has 4 nitrogen and oxygen atoms in total. The highest BCUT2D eigenvalue weighted by Gasteiger charge is 2.07. The first kappa shape index (κ1) is 14.4. The zero-order valence-corrected chi connectivity index (χ0v) is 11.1. The summed E-state index contributed by atoms with van der Waals surface area (Å²) in [5, 5.41) is 2.93. The van der Waals surface area contributed by atoms with E-state index in [4.69, 9.17) is 10.5 Å². The number of nitrogens with one attached hydrogen (secondary N) is 1. The zero-order chi connectivity index (χ0) is 13.4. The second kappa shape index (κ2) is 7.58. The molecule has 0 aliphatic rings. The number of para-hydroxylation sites is 2. The van der Waals surface area contributed by atoms with Gasteiger partial charge < -0.3 is 15.8 Å². The van der Waals surface area contributed by atoms with Crippen LogP contribution in [0.25, 0.3) is 0 Å². The number of carbonyl (C=O) groups excluding carboxylic acids is 1. The van der Waals surface area contributed by atoms with Crippen LogP contribution in [0.4, 0.5) is 5.69 Å². The lowest BCUT2D eigenvalue weighted by Gasteiger charge is -2.13. The predicted octanol–water partition coefficient (Wildman–Crippen LogP) is 2.34. The van der Waals surface area contributed by atoms with Crippen LogP contribution in [0, 0.1) is 0 Å². The Labute approximate surface area is 109 Å². The van der Waals surface area contributed by atoms with E-state index < -0.39 is 0 Å². The van der Waals surface area contributed by atoms with E-state index in [0.29, 0.717) is 24.5 Å². The van der Waals surface area contributed by atoms with E-state index >= 15 is 0 Å². The quantitative estimate of drug-likeness (QED) is 0.730. The first-order chi connectivity index (χ1) is 8.63. The Hall–Kier alpha value is -1.71. The van der Waals surface area contributed by atoms with Crippen molar-refractivity contribution in [1.29, 1.82) is 0 Å². The average molecular weight is 250 g/mol. The fraction of sp³-hybridized carbons (Fsp3) is 0.500. The minimum absolute atomic E-state index is 0.0189. The summed E-state index contributed by atoms with van der Waals surface area (Å²) >= 11 is 0. The summed E-state index contributed by atoms with van der Waals surface area (Å²) in [5.74, 6) is 0.650. The molecular formula is C14H22N2O2. The van der Waals surface area contributed by atoms with Crippen LogP contribution in [-0.4, -0.2) is 18.6 Å². The van der Waals surface area contributed by atoms with Crippen molar-refractivity contribution in [1.82, 2.24) is 5.32 Å². The van der Waals surface area contributed by atoms with Crippen LogP contribution >= 0.6 is 0 Å². The summed E-state index contributed by atoms with van der Waals surface area (Å²) in [6.07, 6.45) is 2.42. The third-order valence-corrected chi connectivity index (χ3v) is 2.63. The summed E-state index contributed by atoms with van der Waals surface area (Å²) in [6.45, 7) is 4.46. The van der Waals surface area contributed by atoms with Crippen molar-refractivity contribution in [2.45, 2.75) is 39.2 Å². The molecule has 0 fully saturated rings. The molecule has 0 aromatic heterocycles. The van der Waals surface area contributed by atoms with E-state index in [1.807, 2.05) is 19.1 Å². The largest absolute Gasteiger partial charge is 0.491 e. The van der Waals surface area contributed by atoms with E-state index in [1.54, 1.807) is 12.1 Å². The Balaban J connectivity index is 2.25. The number of ether oxygens (including phenoxy) is 1. The van der Waals surface area contributed by atoms with Gasteiger partial charge in [-0.1, -0.05) is 25.5 Å². The molecule has 0 saturated heterocycles. The van der Waals surface area contributed by atoms with Crippen LogP contribution in [0.3, 0.4) is 0 Å². The molecule has 4 heteroatoms. The Bertz CT molecular complexity index is 380. The smallest absolute Gasteiger partial charge is 0.223 e. The molecule has 100 valence electrons. The first-order valence-corrected chi connectivity index (χ1v) is 6.40. The molecule has 0 aliphatic heterocycles. The fourth-order valence-electron chi connectivity index (χ4n) is 1.72. The third kappa shape index (κ3) is 5.08. The highest BCUT2D eigenvalue weighted by atomic mass is 16.5. The lowest BCUT2D eigenvalue weighted by molar-refractivity contribution is -0.122. The molecule has 1 aromatic rings. The van der Waals surface area contributed by atoms with Crippen molar-refractivity contribution in [3.8, 4) is 5.75 Å². The van der Waals surface area contributed by atoms with Gasteiger partial charge in [0.15, 0.2) is 0 Å². The van der Waals surface area contributed by atoms with Gasteiger partial charge in [-0.3, -0.25) is 4.79 Å². The molecule has 18 heavy (non-hydrogen) atoms. The first-order valence-electron chi connectivity index (χ1n) is 6.40. The second-order valence-electron chi connectivity index (χ2n) is 4.39. The van der Waals surface area contributed by atoms with Crippen molar-refractivity contribution in [3.63, 3.8) is 0 Å². The Morgan fingerprint density at radius 1 is 1.44 bits per heavy atom. The summed E-state index contributed by atoms with van der Waals surface area (Å²) in [4.78, 5) is 11.6. The normalized spacial score (nSPS) is 11.9. The molecule has 1 unspecified atom stereocenters. The van der Waals surface area contributed by atoms with Gasteiger partial charge in [0, 0.05) is 6.04 Å². The van der Waals surface area contributed by atoms with Crippen LogP contribution in [0.15, 0.2) is 24.3 Å². The van der Waals surface area contributed by atoms with Gasteiger partial charge in [-0.2, -0.15) is 0 Å². The Morgan fingerprint density at radius 2 is 2.17 bits per heavy atom. The minimum atomic E-state index is 0.0189. The molecule has 0 spiro atoms. The van der Waals surface area contributed by atoms with E-state index in [9.17, 15) is 4.79 Å². The number of nitrogen functional groups attached to an aromatic ring is 1. The topological polar surface area (TPSA) is 64.3 Å². The maximum absolute atomic E-state index is 11.6. The molecule has 0 aliphatic carbocycles. The van der Waals surface area contributed by atoms with E-state index in [1.165, 1.54) is 0 Å². The number of amides is 1. The van der Waals surface area contributed by atoms with Crippen LogP contribution in [0.2, 0.25) is 0 Å². The Morgan fingerprint density at radius 3 is 2.83 bits per heavy atom. The maximum atomic E-state index is 11.6.